The molecule has 0 spiro atoms. The molecule has 1 rings (SSSR count). The van der Waals surface area contributed by atoms with Gasteiger partial charge in [-0.25, -0.2) is 0 Å². The zero-order valence-corrected chi connectivity index (χ0v) is 19.1. The van der Waals surface area contributed by atoms with Crippen molar-refractivity contribution in [1.29, 1.82) is 0 Å². The van der Waals surface area contributed by atoms with Crippen LogP contribution in [-0.2, 0) is 20.8 Å². The van der Waals surface area contributed by atoms with Crippen LogP contribution in [0.4, 0.5) is 0 Å². The second kappa shape index (κ2) is 12.3. The van der Waals surface area contributed by atoms with E-state index in [2.05, 4.69) is 16.0 Å². The van der Waals surface area contributed by atoms with E-state index in [1.807, 2.05) is 71.9 Å². The van der Waals surface area contributed by atoms with Crippen LogP contribution in [0.5, 0.6) is 0 Å². The minimum absolute atomic E-state index is 0.0420. The van der Waals surface area contributed by atoms with Gasteiger partial charge in [0.15, 0.2) is 0 Å². The van der Waals surface area contributed by atoms with Gasteiger partial charge in [-0.05, 0) is 29.7 Å². The Labute approximate surface area is 180 Å². The lowest BCUT2D eigenvalue weighted by Crippen LogP contribution is -2.59. The van der Waals surface area contributed by atoms with Crippen molar-refractivity contribution < 1.29 is 14.4 Å². The minimum atomic E-state index is -0.763. The SMILES string of the molecule is CC(C)[C@H](N)C(=O)N[C@H](C(=O)N[C@H](C(=O)NCCc1ccccc1)C(C)C)C(C)C. The maximum Gasteiger partial charge on any atom is 0.243 e. The summed E-state index contributed by atoms with van der Waals surface area (Å²) in [5.41, 5.74) is 7.03. The minimum Gasteiger partial charge on any atom is -0.354 e. The molecule has 0 bridgehead atoms. The van der Waals surface area contributed by atoms with Gasteiger partial charge in [-0.3, -0.25) is 14.4 Å². The van der Waals surface area contributed by atoms with E-state index in [0.717, 1.165) is 5.56 Å². The normalized spacial score (nSPS) is 14.3. The fraction of sp³-hybridized carbons (Fsp3) is 0.609. The smallest absolute Gasteiger partial charge is 0.243 e. The summed E-state index contributed by atoms with van der Waals surface area (Å²) >= 11 is 0. The molecule has 30 heavy (non-hydrogen) atoms. The lowest BCUT2D eigenvalue weighted by atomic mass is 9.98. The third-order valence-corrected chi connectivity index (χ3v) is 5.07. The van der Waals surface area contributed by atoms with Crippen LogP contribution in [0, 0.1) is 17.8 Å². The van der Waals surface area contributed by atoms with Crippen molar-refractivity contribution >= 4 is 17.7 Å². The molecule has 0 aliphatic heterocycles. The van der Waals surface area contributed by atoms with Crippen molar-refractivity contribution in [3.8, 4) is 0 Å². The van der Waals surface area contributed by atoms with Gasteiger partial charge in [0.1, 0.15) is 12.1 Å². The van der Waals surface area contributed by atoms with E-state index in [1.54, 1.807) is 0 Å². The van der Waals surface area contributed by atoms with E-state index in [0.29, 0.717) is 13.0 Å². The second-order valence-electron chi connectivity index (χ2n) is 8.76. The predicted octanol–water partition coefficient (Wildman–Crippen LogP) is 1.61. The summed E-state index contributed by atoms with van der Waals surface area (Å²) in [5, 5.41) is 8.45. The van der Waals surface area contributed by atoms with E-state index in [4.69, 9.17) is 5.73 Å². The first-order chi connectivity index (χ1) is 14.0. The first-order valence-electron chi connectivity index (χ1n) is 10.7. The highest BCUT2D eigenvalue weighted by molar-refractivity contribution is 5.93. The molecule has 0 saturated carbocycles. The van der Waals surface area contributed by atoms with Gasteiger partial charge in [-0.15, -0.1) is 0 Å². The molecule has 0 unspecified atom stereocenters. The maximum absolute atomic E-state index is 12.9. The molecule has 0 aromatic heterocycles. The number of amides is 3. The highest BCUT2D eigenvalue weighted by atomic mass is 16.2. The Bertz CT molecular complexity index is 689. The maximum atomic E-state index is 12.9. The summed E-state index contributed by atoms with van der Waals surface area (Å²) in [6, 6.07) is 7.73. The summed E-state index contributed by atoms with van der Waals surface area (Å²) in [6.45, 7) is 11.6. The van der Waals surface area contributed by atoms with Crippen LogP contribution in [0.2, 0.25) is 0 Å². The average molecular weight is 419 g/mol. The molecule has 0 heterocycles. The number of hydrogen-bond donors (Lipinski definition) is 4. The summed E-state index contributed by atoms with van der Waals surface area (Å²) < 4.78 is 0. The Morgan fingerprint density at radius 2 is 1.27 bits per heavy atom. The van der Waals surface area contributed by atoms with Crippen LogP contribution < -0.4 is 21.7 Å². The molecular weight excluding hydrogens is 380 g/mol. The Morgan fingerprint density at radius 3 is 1.77 bits per heavy atom. The Morgan fingerprint density at radius 1 is 0.767 bits per heavy atom. The van der Waals surface area contributed by atoms with Gasteiger partial charge in [0.2, 0.25) is 17.7 Å². The van der Waals surface area contributed by atoms with E-state index in [-0.39, 0.29) is 35.5 Å². The second-order valence-corrected chi connectivity index (χ2v) is 8.76. The molecule has 3 atom stereocenters. The molecule has 168 valence electrons. The molecule has 0 aliphatic rings. The topological polar surface area (TPSA) is 113 Å². The number of benzene rings is 1. The van der Waals surface area contributed by atoms with Crippen molar-refractivity contribution in [3.05, 3.63) is 35.9 Å². The predicted molar refractivity (Wildman–Crippen MR) is 120 cm³/mol. The Balaban J connectivity index is 2.72. The van der Waals surface area contributed by atoms with Gasteiger partial charge in [0.05, 0.1) is 6.04 Å². The summed E-state index contributed by atoms with van der Waals surface area (Å²) in [7, 11) is 0. The number of nitrogens with one attached hydrogen (secondary N) is 3. The van der Waals surface area contributed by atoms with Crippen LogP contribution in [0.15, 0.2) is 30.3 Å². The van der Waals surface area contributed by atoms with Crippen molar-refractivity contribution in [2.24, 2.45) is 23.5 Å². The third-order valence-electron chi connectivity index (χ3n) is 5.07. The molecule has 7 nitrogen and oxygen atoms in total. The number of nitrogens with two attached hydrogens (primary N) is 1. The largest absolute Gasteiger partial charge is 0.354 e. The number of hydrogen-bond acceptors (Lipinski definition) is 4. The molecule has 0 radical (unpaired) electrons. The molecule has 1 aromatic rings. The van der Waals surface area contributed by atoms with Crippen LogP contribution >= 0.6 is 0 Å². The molecule has 0 fully saturated rings. The van der Waals surface area contributed by atoms with Gasteiger partial charge < -0.3 is 21.7 Å². The van der Waals surface area contributed by atoms with Gasteiger partial charge >= 0.3 is 0 Å². The Hall–Kier alpha value is -2.41. The molecule has 0 saturated heterocycles. The van der Waals surface area contributed by atoms with E-state index in [1.165, 1.54) is 0 Å². The fourth-order valence-corrected chi connectivity index (χ4v) is 2.95. The molecule has 1 aromatic carbocycles. The van der Waals surface area contributed by atoms with Crippen LogP contribution in [-0.4, -0.2) is 42.4 Å². The van der Waals surface area contributed by atoms with Crippen molar-refractivity contribution in [3.63, 3.8) is 0 Å². The number of rotatable bonds is 11. The average Bonchev–Trinajstić information content (AvgIpc) is 2.69. The van der Waals surface area contributed by atoms with Crippen LogP contribution in [0.25, 0.3) is 0 Å². The lowest BCUT2D eigenvalue weighted by molar-refractivity contribution is -0.134. The Kier molecular flexibility index (Phi) is 10.5. The molecule has 0 aliphatic carbocycles. The lowest BCUT2D eigenvalue weighted by Gasteiger charge is -2.28. The van der Waals surface area contributed by atoms with E-state index in [9.17, 15) is 14.4 Å². The standard InChI is InChI=1S/C23H38N4O3/c1-14(2)18(24)21(28)26-20(16(5)6)23(30)27-19(15(3)4)22(29)25-13-12-17-10-8-7-9-11-17/h7-11,14-16,18-20H,12-13,24H2,1-6H3,(H,25,29)(H,26,28)(H,27,30)/t18-,19-,20-/m0/s1. The van der Waals surface area contributed by atoms with E-state index >= 15 is 0 Å². The van der Waals surface area contributed by atoms with Crippen molar-refractivity contribution in [2.45, 2.75) is 66.1 Å². The van der Waals surface area contributed by atoms with E-state index < -0.39 is 18.1 Å². The van der Waals surface area contributed by atoms with Crippen LogP contribution in [0.3, 0.4) is 0 Å². The van der Waals surface area contributed by atoms with Gasteiger partial charge in [-0.1, -0.05) is 71.9 Å². The zero-order chi connectivity index (χ0) is 22.8. The van der Waals surface area contributed by atoms with Crippen molar-refractivity contribution in [2.75, 3.05) is 6.54 Å². The summed E-state index contributed by atoms with van der Waals surface area (Å²) in [4.78, 5) is 37.9. The first-order valence-corrected chi connectivity index (χ1v) is 10.7. The fourth-order valence-electron chi connectivity index (χ4n) is 2.95. The van der Waals surface area contributed by atoms with Crippen molar-refractivity contribution in [1.82, 2.24) is 16.0 Å². The monoisotopic (exact) mass is 418 g/mol. The summed E-state index contributed by atoms with van der Waals surface area (Å²) in [5.74, 6) is -1.28. The molecule has 7 heteroatoms. The highest BCUT2D eigenvalue weighted by Gasteiger charge is 2.31. The first kappa shape index (κ1) is 25.6. The van der Waals surface area contributed by atoms with Gasteiger partial charge in [0.25, 0.3) is 0 Å². The van der Waals surface area contributed by atoms with Crippen LogP contribution in [0.1, 0.15) is 47.1 Å². The highest BCUT2D eigenvalue weighted by Crippen LogP contribution is 2.08. The zero-order valence-electron chi connectivity index (χ0n) is 19.1. The number of carbonyl (C=O) groups excluding carboxylic acids is 3. The third kappa shape index (κ3) is 8.14. The quantitative estimate of drug-likeness (QED) is 0.437. The molecule has 5 N–H and O–H groups in total. The molecule has 3 amide bonds. The number of carbonyl (C=O) groups is 3. The summed E-state index contributed by atoms with van der Waals surface area (Å²) in [6.07, 6.45) is 0.711. The van der Waals surface area contributed by atoms with Gasteiger partial charge in [-0.2, -0.15) is 0 Å². The van der Waals surface area contributed by atoms with Gasteiger partial charge in [0, 0.05) is 6.54 Å². The molecular formula is C23H38N4O3.